The number of esters is 1. The van der Waals surface area contributed by atoms with E-state index in [1.807, 2.05) is 7.05 Å². The highest BCUT2D eigenvalue weighted by Gasteiger charge is 2.14. The summed E-state index contributed by atoms with van der Waals surface area (Å²) in [5, 5.41) is 8.48. The lowest BCUT2D eigenvalue weighted by atomic mass is 10.4. The Balaban J connectivity index is 0.000000262. The molecule has 0 spiro atoms. The molecule has 0 aromatic rings. The smallest absolute Gasteiger partial charge is 0.334 e. The Hall–Kier alpha value is -1.10. The van der Waals surface area contributed by atoms with Crippen molar-refractivity contribution < 1.29 is 19.4 Å². The Kier molecular flexibility index (Phi) is 6.70. The molecule has 1 saturated heterocycles. The van der Waals surface area contributed by atoms with E-state index in [2.05, 4.69) is 4.74 Å². The topological polar surface area (TPSA) is 66.8 Å². The van der Waals surface area contributed by atoms with E-state index in [1.165, 1.54) is 6.92 Å². The number of hydrogen-bond acceptors (Lipinski definition) is 4. The van der Waals surface area contributed by atoms with Crippen LogP contribution in [-0.4, -0.2) is 48.2 Å². The monoisotopic (exact) mass is 217 g/mol. The zero-order chi connectivity index (χ0) is 11.8. The molecule has 1 N–H and O–H groups in total. The molecule has 0 bridgehead atoms. The van der Waals surface area contributed by atoms with E-state index in [-0.39, 0.29) is 0 Å². The van der Waals surface area contributed by atoms with Crippen LogP contribution in [0.2, 0.25) is 0 Å². The lowest BCUT2D eigenvalue weighted by Gasteiger charge is -2.03. The molecule has 0 aromatic heterocycles. The molecule has 1 atom stereocenters. The summed E-state index contributed by atoms with van der Waals surface area (Å²) in [6.45, 7) is 4.35. The molecule has 1 fully saturated rings. The van der Waals surface area contributed by atoms with Crippen LogP contribution in [0.25, 0.3) is 0 Å². The first-order chi connectivity index (χ1) is 6.99. The van der Waals surface area contributed by atoms with Crippen molar-refractivity contribution in [2.75, 3.05) is 20.2 Å². The summed E-state index contributed by atoms with van der Waals surface area (Å²) in [5.74, 6) is -0.271. The predicted octanol–water partition coefficient (Wildman–Crippen LogP) is 0.169. The largest absolute Gasteiger partial charge is 0.464 e. The van der Waals surface area contributed by atoms with Gasteiger partial charge in [-0.3, -0.25) is 4.79 Å². The fraction of sp³-hybridized carbons (Fsp3) is 0.800. The van der Waals surface area contributed by atoms with Crippen LogP contribution in [0.4, 0.5) is 0 Å². The molecular weight excluding hydrogens is 198 g/mol. The van der Waals surface area contributed by atoms with Crippen molar-refractivity contribution in [1.29, 1.82) is 0 Å². The Bertz CT molecular complexity index is 215. The minimum Gasteiger partial charge on any atom is -0.464 e. The molecule has 0 saturated carbocycles. The molecule has 1 unspecified atom stereocenters. The highest BCUT2D eigenvalue weighted by atomic mass is 16.5. The van der Waals surface area contributed by atoms with Gasteiger partial charge in [0.15, 0.2) is 0 Å². The van der Waals surface area contributed by atoms with Crippen molar-refractivity contribution in [3.05, 3.63) is 0 Å². The number of carbonyl (C=O) groups excluding carboxylic acids is 2. The van der Waals surface area contributed by atoms with Gasteiger partial charge in [0.1, 0.15) is 6.10 Å². The van der Waals surface area contributed by atoms with Gasteiger partial charge in [0.25, 0.3) is 0 Å². The van der Waals surface area contributed by atoms with Gasteiger partial charge in [-0.15, -0.1) is 0 Å². The molecule has 5 heteroatoms. The van der Waals surface area contributed by atoms with Crippen LogP contribution in [-0.2, 0) is 14.3 Å². The standard InChI is InChI=1S/C5H9NO.C5H10O3/c1-6-4-2-3-5(6)7;1-3-8-5(7)4(2)6/h2-4H2,1H3;4,6H,3H2,1-2H3. The van der Waals surface area contributed by atoms with Crippen LogP contribution in [0.15, 0.2) is 0 Å². The second-order valence-corrected chi connectivity index (χ2v) is 3.35. The lowest BCUT2D eigenvalue weighted by molar-refractivity contribution is -0.151. The van der Waals surface area contributed by atoms with Crippen molar-refractivity contribution in [1.82, 2.24) is 4.90 Å². The van der Waals surface area contributed by atoms with Gasteiger partial charge < -0.3 is 14.7 Å². The van der Waals surface area contributed by atoms with E-state index in [1.54, 1.807) is 11.8 Å². The second kappa shape index (κ2) is 7.23. The average molecular weight is 217 g/mol. The minimum absolute atomic E-state index is 0.292. The van der Waals surface area contributed by atoms with E-state index in [0.717, 1.165) is 19.4 Å². The zero-order valence-electron chi connectivity index (χ0n) is 9.52. The summed E-state index contributed by atoms with van der Waals surface area (Å²) in [4.78, 5) is 22.5. The van der Waals surface area contributed by atoms with Gasteiger partial charge in [-0.2, -0.15) is 0 Å². The van der Waals surface area contributed by atoms with Gasteiger partial charge >= 0.3 is 5.97 Å². The van der Waals surface area contributed by atoms with Crippen molar-refractivity contribution >= 4 is 11.9 Å². The first kappa shape index (κ1) is 13.9. The molecule has 5 nitrogen and oxygen atoms in total. The van der Waals surface area contributed by atoms with Gasteiger partial charge in [0.2, 0.25) is 5.91 Å². The highest BCUT2D eigenvalue weighted by molar-refractivity contribution is 5.77. The van der Waals surface area contributed by atoms with Gasteiger partial charge in [0.05, 0.1) is 6.61 Å². The number of aliphatic hydroxyl groups is 1. The van der Waals surface area contributed by atoms with E-state index in [0.29, 0.717) is 12.5 Å². The molecule has 0 aliphatic carbocycles. The van der Waals surface area contributed by atoms with Crippen LogP contribution in [0.1, 0.15) is 26.7 Å². The average Bonchev–Trinajstić information content (AvgIpc) is 2.52. The van der Waals surface area contributed by atoms with Crippen LogP contribution in [0.5, 0.6) is 0 Å². The highest BCUT2D eigenvalue weighted by Crippen LogP contribution is 2.04. The summed E-state index contributed by atoms with van der Waals surface area (Å²) in [6, 6.07) is 0. The van der Waals surface area contributed by atoms with Gasteiger partial charge in [-0.05, 0) is 20.3 Å². The Morgan fingerprint density at radius 2 is 2.27 bits per heavy atom. The molecule has 0 radical (unpaired) electrons. The molecule has 1 aliphatic rings. The fourth-order valence-electron chi connectivity index (χ4n) is 1.05. The third-order valence-corrected chi connectivity index (χ3v) is 1.94. The van der Waals surface area contributed by atoms with Crippen LogP contribution in [0.3, 0.4) is 0 Å². The number of nitrogens with zero attached hydrogens (tertiary/aromatic N) is 1. The number of rotatable bonds is 2. The Labute approximate surface area is 90.0 Å². The second-order valence-electron chi connectivity index (χ2n) is 3.35. The van der Waals surface area contributed by atoms with Gasteiger partial charge in [-0.1, -0.05) is 0 Å². The van der Waals surface area contributed by atoms with E-state index in [9.17, 15) is 9.59 Å². The van der Waals surface area contributed by atoms with E-state index in [4.69, 9.17) is 5.11 Å². The number of likely N-dealkylation sites (tertiary alicyclic amines) is 1. The zero-order valence-corrected chi connectivity index (χ0v) is 9.52. The number of amides is 1. The molecule has 1 amide bonds. The van der Waals surface area contributed by atoms with Crippen LogP contribution >= 0.6 is 0 Å². The van der Waals surface area contributed by atoms with Crippen molar-refractivity contribution in [3.63, 3.8) is 0 Å². The summed E-state index contributed by atoms with van der Waals surface area (Å²) in [5.41, 5.74) is 0. The first-order valence-electron chi connectivity index (χ1n) is 5.07. The Morgan fingerprint density at radius 3 is 2.40 bits per heavy atom. The van der Waals surface area contributed by atoms with E-state index >= 15 is 0 Å². The number of carbonyl (C=O) groups is 2. The molecular formula is C10H19NO4. The lowest BCUT2D eigenvalue weighted by Crippen LogP contribution is -2.18. The summed E-state index contributed by atoms with van der Waals surface area (Å²) >= 11 is 0. The minimum atomic E-state index is -0.991. The Morgan fingerprint density at radius 1 is 1.67 bits per heavy atom. The molecule has 1 aliphatic heterocycles. The normalized spacial score (nSPS) is 16.8. The maximum atomic E-state index is 10.5. The predicted molar refractivity (Wildman–Crippen MR) is 55.2 cm³/mol. The maximum absolute atomic E-state index is 10.5. The number of aliphatic hydroxyl groups excluding tert-OH is 1. The molecule has 88 valence electrons. The SMILES string of the molecule is CCOC(=O)C(C)O.CN1CCCC1=O. The third kappa shape index (κ3) is 6.06. The van der Waals surface area contributed by atoms with Crippen molar-refractivity contribution in [2.45, 2.75) is 32.8 Å². The molecule has 15 heavy (non-hydrogen) atoms. The van der Waals surface area contributed by atoms with Gasteiger partial charge in [-0.25, -0.2) is 4.79 Å². The number of hydrogen-bond donors (Lipinski definition) is 1. The van der Waals surface area contributed by atoms with Crippen molar-refractivity contribution in [3.8, 4) is 0 Å². The third-order valence-electron chi connectivity index (χ3n) is 1.94. The van der Waals surface area contributed by atoms with Gasteiger partial charge in [0, 0.05) is 20.0 Å². The van der Waals surface area contributed by atoms with Crippen LogP contribution < -0.4 is 0 Å². The quantitative estimate of drug-likeness (QED) is 0.669. The van der Waals surface area contributed by atoms with Crippen molar-refractivity contribution in [2.24, 2.45) is 0 Å². The maximum Gasteiger partial charge on any atom is 0.334 e. The molecule has 1 rings (SSSR count). The summed E-state index contributed by atoms with van der Waals surface area (Å²) in [6.07, 6.45) is 0.821. The van der Waals surface area contributed by atoms with E-state index < -0.39 is 12.1 Å². The first-order valence-corrected chi connectivity index (χ1v) is 5.07. The van der Waals surface area contributed by atoms with Crippen LogP contribution in [0, 0.1) is 0 Å². The molecule has 0 aromatic carbocycles. The molecule has 1 heterocycles. The summed E-state index contributed by atoms with van der Waals surface area (Å²) < 4.78 is 4.41. The fourth-order valence-corrected chi connectivity index (χ4v) is 1.05. The summed E-state index contributed by atoms with van der Waals surface area (Å²) in [7, 11) is 1.84. The number of ether oxygens (including phenoxy) is 1.